The first kappa shape index (κ1) is 8.64. The third-order valence-electron chi connectivity index (χ3n) is 0.631. The molecule has 0 heterocycles. The molecule has 0 aliphatic rings. The van der Waals surface area contributed by atoms with Crippen molar-refractivity contribution in [3.63, 3.8) is 0 Å². The van der Waals surface area contributed by atoms with E-state index >= 15 is 0 Å². The second kappa shape index (κ2) is 4.51. The summed E-state index contributed by atoms with van der Waals surface area (Å²) in [6, 6.07) is 0. The Morgan fingerprint density at radius 3 is 2.40 bits per heavy atom. The van der Waals surface area contributed by atoms with Gasteiger partial charge < -0.3 is 15.5 Å². The molecule has 10 heavy (non-hydrogen) atoms. The maximum atomic E-state index is 10.3. The number of carboxylic acids is 1. The third-order valence-corrected chi connectivity index (χ3v) is 0.631. The van der Waals surface area contributed by atoms with Crippen molar-refractivity contribution in [2.75, 3.05) is 6.73 Å². The van der Waals surface area contributed by atoms with E-state index in [9.17, 15) is 9.59 Å². The van der Waals surface area contributed by atoms with E-state index in [4.69, 9.17) is 10.2 Å². The molecule has 0 aliphatic heterocycles. The molecule has 5 heteroatoms. The van der Waals surface area contributed by atoms with Gasteiger partial charge in [-0.1, -0.05) is 0 Å². The Hall–Kier alpha value is -1.36. The predicted octanol–water partition coefficient (Wildman–Crippen LogP) is -1.31. The van der Waals surface area contributed by atoms with Crippen LogP contribution in [0.1, 0.15) is 0 Å². The zero-order chi connectivity index (χ0) is 7.98. The van der Waals surface area contributed by atoms with Crippen LogP contribution in [0.4, 0.5) is 0 Å². The van der Waals surface area contributed by atoms with Crippen molar-refractivity contribution < 1.29 is 19.8 Å². The summed E-state index contributed by atoms with van der Waals surface area (Å²) in [6.45, 7) is -0.497. The molecular weight excluding hydrogens is 138 g/mol. The monoisotopic (exact) mass is 145 g/mol. The van der Waals surface area contributed by atoms with E-state index in [2.05, 4.69) is 0 Å². The fourth-order valence-electron chi connectivity index (χ4n) is 0.284. The van der Waals surface area contributed by atoms with Crippen LogP contribution in [0.25, 0.3) is 0 Å². The van der Waals surface area contributed by atoms with Gasteiger partial charge in [0.2, 0.25) is 5.91 Å². The molecule has 0 aromatic heterocycles. The molecule has 0 rings (SSSR count). The van der Waals surface area contributed by atoms with Gasteiger partial charge in [0.1, 0.15) is 6.73 Å². The van der Waals surface area contributed by atoms with Gasteiger partial charge >= 0.3 is 5.97 Å². The number of amides is 1. The molecule has 0 spiro atoms. The largest absolute Gasteiger partial charge is 0.478 e. The van der Waals surface area contributed by atoms with Gasteiger partial charge in [-0.2, -0.15) is 0 Å². The molecule has 0 fully saturated rings. The zero-order valence-electron chi connectivity index (χ0n) is 5.07. The van der Waals surface area contributed by atoms with Crippen molar-refractivity contribution in [2.45, 2.75) is 0 Å². The molecule has 56 valence electrons. The van der Waals surface area contributed by atoms with Gasteiger partial charge in [0.05, 0.1) is 0 Å². The Kier molecular flexibility index (Phi) is 3.90. The second-order valence-corrected chi connectivity index (χ2v) is 1.37. The summed E-state index contributed by atoms with van der Waals surface area (Å²) in [6.07, 6.45) is 1.50. The van der Waals surface area contributed by atoms with Crippen molar-refractivity contribution in [1.29, 1.82) is 0 Å². The van der Waals surface area contributed by atoms with Gasteiger partial charge in [0.25, 0.3) is 0 Å². The first-order valence-corrected chi connectivity index (χ1v) is 2.46. The lowest BCUT2D eigenvalue weighted by atomic mass is 10.5. The maximum absolute atomic E-state index is 10.3. The van der Waals surface area contributed by atoms with E-state index in [1.54, 1.807) is 0 Å². The van der Waals surface area contributed by atoms with E-state index in [1.165, 1.54) is 0 Å². The number of aliphatic hydroxyl groups excluding tert-OH is 1. The SMILES string of the molecule is O=C(O)/C=C\C(=O)NCO. The summed E-state index contributed by atoms with van der Waals surface area (Å²) < 4.78 is 0. The molecule has 3 N–H and O–H groups in total. The number of aliphatic carboxylic acids is 1. The molecule has 0 aromatic carbocycles. The van der Waals surface area contributed by atoms with Gasteiger partial charge in [0, 0.05) is 12.2 Å². The van der Waals surface area contributed by atoms with Crippen LogP contribution in [0, 0.1) is 0 Å². The van der Waals surface area contributed by atoms with Crippen molar-refractivity contribution in [1.82, 2.24) is 5.32 Å². The Bertz CT molecular complexity index is 163. The van der Waals surface area contributed by atoms with Crippen LogP contribution >= 0.6 is 0 Å². The second-order valence-electron chi connectivity index (χ2n) is 1.37. The number of nitrogens with one attached hydrogen (secondary N) is 1. The van der Waals surface area contributed by atoms with Crippen LogP contribution in [0.3, 0.4) is 0 Å². The highest BCUT2D eigenvalue weighted by Crippen LogP contribution is 1.72. The topological polar surface area (TPSA) is 86.6 Å². The van der Waals surface area contributed by atoms with Crippen LogP contribution in [-0.4, -0.2) is 28.8 Å². The number of hydrogen-bond donors (Lipinski definition) is 3. The lowest BCUT2D eigenvalue weighted by Crippen LogP contribution is -2.21. The predicted molar refractivity (Wildman–Crippen MR) is 32.0 cm³/mol. The minimum absolute atomic E-state index is 0.497. The summed E-state index contributed by atoms with van der Waals surface area (Å²) >= 11 is 0. The molecule has 0 aliphatic carbocycles. The molecule has 5 nitrogen and oxygen atoms in total. The number of rotatable bonds is 3. The minimum Gasteiger partial charge on any atom is -0.478 e. The van der Waals surface area contributed by atoms with Gasteiger partial charge in [-0.3, -0.25) is 4.79 Å². The first-order valence-electron chi connectivity index (χ1n) is 2.46. The molecule has 0 atom stereocenters. The quantitative estimate of drug-likeness (QED) is 0.340. The maximum Gasteiger partial charge on any atom is 0.328 e. The molecule has 0 saturated carbocycles. The molecule has 0 radical (unpaired) electrons. The lowest BCUT2D eigenvalue weighted by molar-refractivity contribution is -0.131. The number of aliphatic hydroxyl groups is 1. The molecule has 0 unspecified atom stereocenters. The van der Waals surface area contributed by atoms with Crippen LogP contribution < -0.4 is 5.32 Å². The van der Waals surface area contributed by atoms with Crippen LogP contribution in [-0.2, 0) is 9.59 Å². The summed E-state index contributed by atoms with van der Waals surface area (Å²) in [5, 5.41) is 18.1. The van der Waals surface area contributed by atoms with Crippen molar-refractivity contribution >= 4 is 11.9 Å². The number of hydrogen-bond acceptors (Lipinski definition) is 3. The first-order chi connectivity index (χ1) is 4.66. The highest BCUT2D eigenvalue weighted by molar-refractivity contribution is 5.93. The standard InChI is InChI=1S/C5H7NO4/c7-3-6-4(8)1-2-5(9)10/h1-2,7H,3H2,(H,6,8)(H,9,10)/b2-1-. The summed E-state index contributed by atoms with van der Waals surface area (Å²) in [7, 11) is 0. The highest BCUT2D eigenvalue weighted by atomic mass is 16.4. The average molecular weight is 145 g/mol. The van der Waals surface area contributed by atoms with E-state index in [-0.39, 0.29) is 0 Å². The fraction of sp³-hybridized carbons (Fsp3) is 0.200. The third kappa shape index (κ3) is 4.79. The van der Waals surface area contributed by atoms with Crippen LogP contribution in [0.5, 0.6) is 0 Å². The van der Waals surface area contributed by atoms with E-state index < -0.39 is 18.6 Å². The lowest BCUT2D eigenvalue weighted by Gasteiger charge is -1.91. The van der Waals surface area contributed by atoms with Gasteiger partial charge in [-0.15, -0.1) is 0 Å². The Balaban J connectivity index is 3.67. The Labute approximate surface area is 57.0 Å². The fourth-order valence-corrected chi connectivity index (χ4v) is 0.284. The van der Waals surface area contributed by atoms with E-state index in [1.807, 2.05) is 5.32 Å². The van der Waals surface area contributed by atoms with E-state index in [0.717, 1.165) is 6.08 Å². The Morgan fingerprint density at radius 2 is 2.00 bits per heavy atom. The number of carboxylic acid groups (broad SMARTS) is 1. The van der Waals surface area contributed by atoms with Crippen LogP contribution in [0.15, 0.2) is 12.2 Å². The van der Waals surface area contributed by atoms with Crippen LogP contribution in [0.2, 0.25) is 0 Å². The number of carbonyl (C=O) groups excluding carboxylic acids is 1. The molecule has 0 aromatic rings. The van der Waals surface area contributed by atoms with Crippen molar-refractivity contribution in [2.24, 2.45) is 0 Å². The smallest absolute Gasteiger partial charge is 0.328 e. The molecule has 0 saturated heterocycles. The Morgan fingerprint density at radius 1 is 1.40 bits per heavy atom. The molecule has 0 bridgehead atoms. The van der Waals surface area contributed by atoms with Gasteiger partial charge in [-0.25, -0.2) is 4.79 Å². The van der Waals surface area contributed by atoms with E-state index in [0.29, 0.717) is 6.08 Å². The average Bonchev–Trinajstić information content (AvgIpc) is 1.85. The summed E-state index contributed by atoms with van der Waals surface area (Å²) in [5.74, 6) is -1.84. The highest BCUT2D eigenvalue weighted by Gasteiger charge is 1.92. The minimum atomic E-state index is -1.20. The zero-order valence-corrected chi connectivity index (χ0v) is 5.07. The molecule has 1 amide bonds. The van der Waals surface area contributed by atoms with Gasteiger partial charge in [0.15, 0.2) is 0 Å². The number of carbonyl (C=O) groups is 2. The molecular formula is C5H7NO4. The summed E-state index contributed by atoms with van der Waals surface area (Å²) in [5.41, 5.74) is 0. The van der Waals surface area contributed by atoms with Crippen molar-refractivity contribution in [3.05, 3.63) is 12.2 Å². The normalized spacial score (nSPS) is 9.70. The summed E-state index contributed by atoms with van der Waals surface area (Å²) in [4.78, 5) is 20.1. The van der Waals surface area contributed by atoms with Crippen molar-refractivity contribution in [3.8, 4) is 0 Å². The van der Waals surface area contributed by atoms with Gasteiger partial charge in [-0.05, 0) is 0 Å².